The first-order valence-electron chi connectivity index (χ1n) is 6.57. The third-order valence-corrected chi connectivity index (χ3v) is 2.98. The summed E-state index contributed by atoms with van der Waals surface area (Å²) in [6.07, 6.45) is 1.49. The monoisotopic (exact) mass is 277 g/mol. The Morgan fingerprint density at radius 1 is 0.857 bits per heavy atom. The van der Waals surface area contributed by atoms with Crippen molar-refractivity contribution >= 4 is 23.0 Å². The lowest BCUT2D eigenvalue weighted by atomic mass is 10.3. The standard InChI is InChI=1S/C16H15N5/c17-21(14-9-5-2-6-10-14)16-11-15(18-12-19-16)20-13-7-3-1-4-8-13/h1-12H,17H2,(H,18,19,20). The third-order valence-electron chi connectivity index (χ3n) is 2.98. The normalized spacial score (nSPS) is 10.1. The molecule has 3 rings (SSSR count). The van der Waals surface area contributed by atoms with E-state index in [1.807, 2.05) is 60.7 Å². The van der Waals surface area contributed by atoms with Crippen LogP contribution in [-0.2, 0) is 0 Å². The highest BCUT2D eigenvalue weighted by Crippen LogP contribution is 2.22. The topological polar surface area (TPSA) is 67.1 Å². The van der Waals surface area contributed by atoms with Crippen LogP contribution in [0.5, 0.6) is 0 Å². The second kappa shape index (κ2) is 6.02. The second-order valence-corrected chi connectivity index (χ2v) is 4.46. The molecule has 3 aromatic rings. The smallest absolute Gasteiger partial charge is 0.152 e. The van der Waals surface area contributed by atoms with Crippen molar-refractivity contribution in [1.29, 1.82) is 0 Å². The maximum absolute atomic E-state index is 6.09. The van der Waals surface area contributed by atoms with Gasteiger partial charge in [-0.15, -0.1) is 0 Å². The van der Waals surface area contributed by atoms with E-state index in [1.54, 1.807) is 6.07 Å². The molecule has 5 heteroatoms. The summed E-state index contributed by atoms with van der Waals surface area (Å²) in [5, 5.41) is 4.74. The van der Waals surface area contributed by atoms with Crippen LogP contribution >= 0.6 is 0 Å². The van der Waals surface area contributed by atoms with Crippen molar-refractivity contribution in [1.82, 2.24) is 9.97 Å². The van der Waals surface area contributed by atoms with Gasteiger partial charge in [-0.1, -0.05) is 36.4 Å². The van der Waals surface area contributed by atoms with Crippen molar-refractivity contribution in [2.45, 2.75) is 0 Å². The molecule has 0 radical (unpaired) electrons. The molecule has 3 N–H and O–H groups in total. The molecule has 0 aliphatic heterocycles. The van der Waals surface area contributed by atoms with Crippen LogP contribution in [-0.4, -0.2) is 9.97 Å². The largest absolute Gasteiger partial charge is 0.340 e. The van der Waals surface area contributed by atoms with Crippen LogP contribution in [0.15, 0.2) is 73.1 Å². The van der Waals surface area contributed by atoms with Gasteiger partial charge in [-0.2, -0.15) is 0 Å². The number of aromatic nitrogens is 2. The van der Waals surface area contributed by atoms with Crippen LogP contribution < -0.4 is 16.2 Å². The molecule has 0 aliphatic rings. The minimum absolute atomic E-state index is 0.620. The Bertz CT molecular complexity index is 700. The van der Waals surface area contributed by atoms with Gasteiger partial charge >= 0.3 is 0 Å². The molecular formula is C16H15N5. The Labute approximate surface area is 123 Å². The predicted octanol–water partition coefficient (Wildman–Crippen LogP) is 3.23. The van der Waals surface area contributed by atoms with Crippen molar-refractivity contribution in [3.8, 4) is 0 Å². The molecule has 0 atom stereocenters. The van der Waals surface area contributed by atoms with E-state index in [9.17, 15) is 0 Å². The molecule has 2 aromatic carbocycles. The average molecular weight is 277 g/mol. The van der Waals surface area contributed by atoms with Crippen LogP contribution in [0, 0.1) is 0 Å². The summed E-state index contributed by atoms with van der Waals surface area (Å²) in [4.78, 5) is 8.41. The first kappa shape index (κ1) is 13.1. The zero-order valence-electron chi connectivity index (χ0n) is 11.3. The minimum Gasteiger partial charge on any atom is -0.340 e. The predicted molar refractivity (Wildman–Crippen MR) is 84.5 cm³/mol. The fourth-order valence-corrected chi connectivity index (χ4v) is 1.94. The Morgan fingerprint density at radius 3 is 2.24 bits per heavy atom. The molecule has 5 nitrogen and oxygen atoms in total. The summed E-state index contributed by atoms with van der Waals surface area (Å²) in [7, 11) is 0. The molecule has 0 spiro atoms. The minimum atomic E-state index is 0.620. The summed E-state index contributed by atoms with van der Waals surface area (Å²) in [6, 6.07) is 21.3. The maximum Gasteiger partial charge on any atom is 0.152 e. The van der Waals surface area contributed by atoms with Crippen molar-refractivity contribution in [2.24, 2.45) is 5.84 Å². The number of hydrogen-bond donors (Lipinski definition) is 2. The van der Waals surface area contributed by atoms with Gasteiger partial charge in [-0.25, -0.2) is 15.8 Å². The Hall–Kier alpha value is -2.92. The lowest BCUT2D eigenvalue weighted by Crippen LogP contribution is -2.25. The summed E-state index contributed by atoms with van der Waals surface area (Å²) < 4.78 is 0. The molecule has 104 valence electrons. The number of rotatable bonds is 4. The number of anilines is 4. The molecule has 0 amide bonds. The lowest BCUT2D eigenvalue weighted by Gasteiger charge is -2.17. The van der Waals surface area contributed by atoms with Gasteiger partial charge < -0.3 is 5.32 Å². The van der Waals surface area contributed by atoms with Gasteiger partial charge in [0.25, 0.3) is 0 Å². The van der Waals surface area contributed by atoms with Crippen LogP contribution in [0.2, 0.25) is 0 Å². The molecular weight excluding hydrogens is 262 g/mol. The number of nitrogens with zero attached hydrogens (tertiary/aromatic N) is 3. The SMILES string of the molecule is NN(c1ccccc1)c1cc(Nc2ccccc2)ncn1. The van der Waals surface area contributed by atoms with Crippen molar-refractivity contribution in [3.05, 3.63) is 73.1 Å². The van der Waals surface area contributed by atoms with Gasteiger partial charge in [0, 0.05) is 11.8 Å². The molecule has 0 saturated heterocycles. The van der Waals surface area contributed by atoms with Gasteiger partial charge in [-0.05, 0) is 24.3 Å². The molecule has 0 fully saturated rings. The van der Waals surface area contributed by atoms with Crippen LogP contribution in [0.1, 0.15) is 0 Å². The van der Waals surface area contributed by atoms with E-state index in [-0.39, 0.29) is 0 Å². The van der Waals surface area contributed by atoms with Gasteiger partial charge in [0.05, 0.1) is 5.69 Å². The van der Waals surface area contributed by atoms with E-state index in [2.05, 4.69) is 15.3 Å². The van der Waals surface area contributed by atoms with E-state index in [4.69, 9.17) is 5.84 Å². The molecule has 21 heavy (non-hydrogen) atoms. The maximum atomic E-state index is 6.09. The quantitative estimate of drug-likeness (QED) is 0.566. The van der Waals surface area contributed by atoms with Crippen LogP contribution in [0.25, 0.3) is 0 Å². The Kier molecular flexibility index (Phi) is 3.75. The van der Waals surface area contributed by atoms with E-state index < -0.39 is 0 Å². The highest BCUT2D eigenvalue weighted by Gasteiger charge is 2.07. The zero-order valence-corrected chi connectivity index (χ0v) is 11.3. The first-order valence-corrected chi connectivity index (χ1v) is 6.57. The van der Waals surface area contributed by atoms with Gasteiger partial charge in [0.2, 0.25) is 0 Å². The molecule has 0 saturated carbocycles. The summed E-state index contributed by atoms with van der Waals surface area (Å²) >= 11 is 0. The highest BCUT2D eigenvalue weighted by atomic mass is 15.4. The fraction of sp³-hybridized carbons (Fsp3) is 0. The van der Waals surface area contributed by atoms with Crippen molar-refractivity contribution in [3.63, 3.8) is 0 Å². The van der Waals surface area contributed by atoms with Crippen LogP contribution in [0.4, 0.5) is 23.0 Å². The van der Waals surface area contributed by atoms with Gasteiger partial charge in [0.15, 0.2) is 5.82 Å². The molecule has 1 heterocycles. The number of nitrogens with two attached hydrogens (primary N) is 1. The third kappa shape index (κ3) is 3.16. The summed E-state index contributed by atoms with van der Waals surface area (Å²) in [5.41, 5.74) is 1.83. The number of nitrogens with one attached hydrogen (secondary N) is 1. The summed E-state index contributed by atoms with van der Waals surface area (Å²) in [5.74, 6) is 7.41. The number of hydrogen-bond acceptors (Lipinski definition) is 5. The zero-order chi connectivity index (χ0) is 14.5. The van der Waals surface area contributed by atoms with Gasteiger partial charge in [-0.3, -0.25) is 5.01 Å². The summed E-state index contributed by atoms with van der Waals surface area (Å²) in [6.45, 7) is 0. The number of para-hydroxylation sites is 2. The van der Waals surface area contributed by atoms with Crippen LogP contribution in [0.3, 0.4) is 0 Å². The average Bonchev–Trinajstić information content (AvgIpc) is 2.56. The van der Waals surface area contributed by atoms with E-state index in [1.165, 1.54) is 11.3 Å². The Balaban J connectivity index is 1.83. The second-order valence-electron chi connectivity index (χ2n) is 4.46. The van der Waals surface area contributed by atoms with E-state index in [0.29, 0.717) is 11.6 Å². The van der Waals surface area contributed by atoms with Crippen molar-refractivity contribution in [2.75, 3.05) is 10.3 Å². The van der Waals surface area contributed by atoms with E-state index >= 15 is 0 Å². The molecule has 0 aliphatic carbocycles. The first-order chi connectivity index (χ1) is 10.3. The number of hydrazine groups is 1. The lowest BCUT2D eigenvalue weighted by molar-refractivity contribution is 1.02. The van der Waals surface area contributed by atoms with Crippen molar-refractivity contribution < 1.29 is 0 Å². The molecule has 1 aromatic heterocycles. The Morgan fingerprint density at radius 2 is 1.52 bits per heavy atom. The molecule has 0 bridgehead atoms. The van der Waals surface area contributed by atoms with E-state index in [0.717, 1.165) is 11.4 Å². The molecule has 0 unspecified atom stereocenters. The fourth-order valence-electron chi connectivity index (χ4n) is 1.94. The van der Waals surface area contributed by atoms with Gasteiger partial charge in [0.1, 0.15) is 12.1 Å². The number of benzene rings is 2. The highest BCUT2D eigenvalue weighted by molar-refractivity contribution is 5.63.